The van der Waals surface area contributed by atoms with E-state index in [1.807, 2.05) is 24.8 Å². The van der Waals surface area contributed by atoms with Crippen LogP contribution >= 0.6 is 0 Å². The molecule has 0 atom stereocenters. The molecule has 1 heterocycles. The van der Waals surface area contributed by atoms with Gasteiger partial charge in [-0.3, -0.25) is 9.59 Å². The standard InChI is InChI=1S/C16H22N2O2/c1-11(2)12-6-7-13(14(10-12)15(17)19)16(20)18-8-4-3-5-9-18/h6-7,10-11H,3-5,8-9H2,1-2H3,(H2,17,19). The van der Waals surface area contributed by atoms with Crippen LogP contribution in [0.15, 0.2) is 18.2 Å². The molecule has 0 bridgehead atoms. The number of piperidine rings is 1. The summed E-state index contributed by atoms with van der Waals surface area (Å²) in [6.07, 6.45) is 3.22. The van der Waals surface area contributed by atoms with Crippen LogP contribution in [-0.4, -0.2) is 29.8 Å². The zero-order valence-corrected chi connectivity index (χ0v) is 12.2. The lowest BCUT2D eigenvalue weighted by Gasteiger charge is -2.27. The molecule has 0 saturated carbocycles. The smallest absolute Gasteiger partial charge is 0.254 e. The van der Waals surface area contributed by atoms with Gasteiger partial charge in [0.2, 0.25) is 5.91 Å². The molecule has 1 aromatic carbocycles. The van der Waals surface area contributed by atoms with Gasteiger partial charge in [0.25, 0.3) is 5.91 Å². The van der Waals surface area contributed by atoms with Crippen molar-refractivity contribution >= 4 is 11.8 Å². The van der Waals surface area contributed by atoms with Gasteiger partial charge in [-0.2, -0.15) is 0 Å². The lowest BCUT2D eigenvalue weighted by atomic mass is 9.96. The Morgan fingerprint density at radius 3 is 2.30 bits per heavy atom. The first kappa shape index (κ1) is 14.6. The molecule has 0 aliphatic carbocycles. The quantitative estimate of drug-likeness (QED) is 0.920. The van der Waals surface area contributed by atoms with Crippen LogP contribution in [0.3, 0.4) is 0 Å². The molecule has 1 aliphatic heterocycles. The van der Waals surface area contributed by atoms with Crippen molar-refractivity contribution < 1.29 is 9.59 Å². The van der Waals surface area contributed by atoms with Crippen molar-refractivity contribution in [3.63, 3.8) is 0 Å². The van der Waals surface area contributed by atoms with Gasteiger partial charge in [0, 0.05) is 13.1 Å². The molecular formula is C16H22N2O2. The van der Waals surface area contributed by atoms with Gasteiger partial charge in [-0.25, -0.2) is 0 Å². The third kappa shape index (κ3) is 3.00. The maximum absolute atomic E-state index is 12.5. The highest BCUT2D eigenvalue weighted by atomic mass is 16.2. The van der Waals surface area contributed by atoms with Crippen LogP contribution in [0.25, 0.3) is 0 Å². The Kier molecular flexibility index (Phi) is 4.42. The van der Waals surface area contributed by atoms with Gasteiger partial charge < -0.3 is 10.6 Å². The molecule has 1 aliphatic rings. The van der Waals surface area contributed by atoms with E-state index >= 15 is 0 Å². The summed E-state index contributed by atoms with van der Waals surface area (Å²) in [6, 6.07) is 5.41. The monoisotopic (exact) mass is 274 g/mol. The topological polar surface area (TPSA) is 63.4 Å². The summed E-state index contributed by atoms with van der Waals surface area (Å²) in [6.45, 7) is 5.63. The molecule has 2 rings (SSSR count). The van der Waals surface area contributed by atoms with E-state index in [0.717, 1.165) is 31.5 Å². The van der Waals surface area contributed by atoms with Gasteiger partial charge in [0.15, 0.2) is 0 Å². The predicted molar refractivity (Wildman–Crippen MR) is 78.8 cm³/mol. The number of carbonyl (C=O) groups excluding carboxylic acids is 2. The number of rotatable bonds is 3. The van der Waals surface area contributed by atoms with E-state index in [1.165, 1.54) is 6.42 Å². The number of hydrogen-bond donors (Lipinski definition) is 1. The minimum absolute atomic E-state index is 0.0752. The van der Waals surface area contributed by atoms with Gasteiger partial charge in [-0.15, -0.1) is 0 Å². The van der Waals surface area contributed by atoms with Crippen molar-refractivity contribution in [3.8, 4) is 0 Å². The van der Waals surface area contributed by atoms with Gasteiger partial charge in [-0.05, 0) is 42.9 Å². The highest BCUT2D eigenvalue weighted by molar-refractivity contribution is 6.06. The van der Waals surface area contributed by atoms with Gasteiger partial charge >= 0.3 is 0 Å². The van der Waals surface area contributed by atoms with Gasteiger partial charge in [0.1, 0.15) is 0 Å². The molecule has 20 heavy (non-hydrogen) atoms. The lowest BCUT2D eigenvalue weighted by Crippen LogP contribution is -2.36. The largest absolute Gasteiger partial charge is 0.366 e. The SMILES string of the molecule is CC(C)c1ccc(C(=O)N2CCCCC2)c(C(N)=O)c1. The summed E-state index contributed by atoms with van der Waals surface area (Å²) in [7, 11) is 0. The van der Waals surface area contributed by atoms with Crippen molar-refractivity contribution in [2.45, 2.75) is 39.0 Å². The van der Waals surface area contributed by atoms with E-state index in [-0.39, 0.29) is 5.91 Å². The fourth-order valence-electron chi connectivity index (χ4n) is 2.58. The Hall–Kier alpha value is -1.84. The highest BCUT2D eigenvalue weighted by Crippen LogP contribution is 2.21. The van der Waals surface area contributed by atoms with E-state index in [9.17, 15) is 9.59 Å². The third-order valence-corrected chi connectivity index (χ3v) is 3.85. The van der Waals surface area contributed by atoms with E-state index in [0.29, 0.717) is 17.0 Å². The van der Waals surface area contributed by atoms with Gasteiger partial charge in [0.05, 0.1) is 11.1 Å². The van der Waals surface area contributed by atoms with Crippen molar-refractivity contribution in [3.05, 3.63) is 34.9 Å². The highest BCUT2D eigenvalue weighted by Gasteiger charge is 2.22. The van der Waals surface area contributed by atoms with Crippen LogP contribution < -0.4 is 5.73 Å². The fraction of sp³-hybridized carbons (Fsp3) is 0.500. The molecule has 0 spiro atoms. The number of amides is 2. The number of likely N-dealkylation sites (tertiary alicyclic amines) is 1. The first-order chi connectivity index (χ1) is 9.50. The Labute approximate surface area is 119 Å². The molecule has 1 aromatic rings. The van der Waals surface area contributed by atoms with E-state index in [1.54, 1.807) is 12.1 Å². The summed E-state index contributed by atoms with van der Waals surface area (Å²) < 4.78 is 0. The third-order valence-electron chi connectivity index (χ3n) is 3.85. The number of hydrogen-bond acceptors (Lipinski definition) is 2. The van der Waals surface area contributed by atoms with Crippen LogP contribution in [0.1, 0.15) is 65.3 Å². The Morgan fingerprint density at radius 2 is 1.75 bits per heavy atom. The molecule has 4 nitrogen and oxygen atoms in total. The fourth-order valence-corrected chi connectivity index (χ4v) is 2.58. The maximum Gasteiger partial charge on any atom is 0.254 e. The number of primary amides is 1. The molecule has 1 fully saturated rings. The van der Waals surface area contributed by atoms with Crippen molar-refractivity contribution in [2.75, 3.05) is 13.1 Å². The van der Waals surface area contributed by atoms with Crippen LogP contribution in [0, 0.1) is 0 Å². The first-order valence-corrected chi connectivity index (χ1v) is 7.23. The first-order valence-electron chi connectivity index (χ1n) is 7.23. The second kappa shape index (κ2) is 6.07. The summed E-state index contributed by atoms with van der Waals surface area (Å²) in [5, 5.41) is 0. The van der Waals surface area contributed by atoms with Crippen LogP contribution in [0.5, 0.6) is 0 Å². The molecule has 2 amide bonds. The molecule has 2 N–H and O–H groups in total. The molecule has 0 aromatic heterocycles. The van der Waals surface area contributed by atoms with Crippen molar-refractivity contribution in [2.24, 2.45) is 5.73 Å². The van der Waals surface area contributed by atoms with Crippen LogP contribution in [-0.2, 0) is 0 Å². The minimum atomic E-state index is -0.534. The summed E-state index contributed by atoms with van der Waals surface area (Å²) >= 11 is 0. The van der Waals surface area contributed by atoms with Crippen molar-refractivity contribution in [1.82, 2.24) is 4.90 Å². The zero-order chi connectivity index (χ0) is 14.7. The van der Waals surface area contributed by atoms with E-state index < -0.39 is 5.91 Å². The Balaban J connectivity index is 2.34. The second-order valence-electron chi connectivity index (χ2n) is 5.68. The average Bonchev–Trinajstić information content (AvgIpc) is 2.46. The van der Waals surface area contributed by atoms with E-state index in [2.05, 4.69) is 0 Å². The number of nitrogens with two attached hydrogens (primary N) is 1. The number of benzene rings is 1. The molecule has 1 saturated heterocycles. The van der Waals surface area contributed by atoms with Crippen molar-refractivity contribution in [1.29, 1.82) is 0 Å². The lowest BCUT2D eigenvalue weighted by molar-refractivity contribution is 0.0719. The Bertz CT molecular complexity index is 517. The number of nitrogens with zero attached hydrogens (tertiary/aromatic N) is 1. The predicted octanol–water partition coefficient (Wildman–Crippen LogP) is 2.54. The molecule has 0 unspecified atom stereocenters. The van der Waals surface area contributed by atoms with E-state index in [4.69, 9.17) is 5.73 Å². The summed E-state index contributed by atoms with van der Waals surface area (Å²) in [5.74, 6) is -0.311. The molecule has 4 heteroatoms. The van der Waals surface area contributed by atoms with Crippen LogP contribution in [0.4, 0.5) is 0 Å². The Morgan fingerprint density at radius 1 is 1.10 bits per heavy atom. The van der Waals surface area contributed by atoms with Gasteiger partial charge in [-0.1, -0.05) is 19.9 Å². The molecule has 0 radical (unpaired) electrons. The summed E-state index contributed by atoms with van der Waals surface area (Å²) in [4.78, 5) is 26.0. The second-order valence-corrected chi connectivity index (χ2v) is 5.68. The molecule has 108 valence electrons. The minimum Gasteiger partial charge on any atom is -0.366 e. The maximum atomic E-state index is 12.5. The average molecular weight is 274 g/mol. The summed E-state index contributed by atoms with van der Waals surface area (Å²) in [5.41, 5.74) is 7.24. The van der Waals surface area contributed by atoms with Crippen LogP contribution in [0.2, 0.25) is 0 Å². The number of carbonyl (C=O) groups is 2. The zero-order valence-electron chi connectivity index (χ0n) is 12.2. The normalized spacial score (nSPS) is 15.4. The molecular weight excluding hydrogens is 252 g/mol.